The van der Waals surface area contributed by atoms with E-state index in [0.29, 0.717) is 6.54 Å². The van der Waals surface area contributed by atoms with E-state index in [9.17, 15) is 23.1 Å². The van der Waals surface area contributed by atoms with E-state index in [1.165, 1.54) is 12.1 Å². The molecule has 0 unspecified atom stereocenters. The van der Waals surface area contributed by atoms with E-state index >= 15 is 0 Å². The molecule has 21 heavy (non-hydrogen) atoms. The summed E-state index contributed by atoms with van der Waals surface area (Å²) in [5.41, 5.74) is 4.14. The molecule has 0 aliphatic heterocycles. The number of aliphatic hydroxyl groups excluding tert-OH is 1. The quantitative estimate of drug-likeness (QED) is 0.673. The molecule has 1 aromatic rings. The van der Waals surface area contributed by atoms with Gasteiger partial charge in [-0.25, -0.2) is 4.98 Å². The Kier molecular flexibility index (Phi) is 6.32. The summed E-state index contributed by atoms with van der Waals surface area (Å²) in [4.78, 5) is 14.9. The van der Waals surface area contributed by atoms with Gasteiger partial charge in [0.05, 0.1) is 0 Å². The highest BCUT2D eigenvalue weighted by atomic mass is 19.4. The van der Waals surface area contributed by atoms with Gasteiger partial charge < -0.3 is 16.2 Å². The molecule has 8 heteroatoms. The first kappa shape index (κ1) is 17.1. The average Bonchev–Trinajstić information content (AvgIpc) is 2.42. The number of aliphatic hydroxyl groups is 1. The van der Waals surface area contributed by atoms with Crippen LogP contribution in [-0.2, 0) is 17.4 Å². The van der Waals surface area contributed by atoms with Crippen molar-refractivity contribution in [2.24, 2.45) is 5.73 Å². The SMILES string of the molecule is NC/C=C/CNC(=O)[C@@H](O)Cc1cccc(C(F)(F)F)n1. The molecule has 0 fully saturated rings. The van der Waals surface area contributed by atoms with Crippen LogP contribution in [-0.4, -0.2) is 35.2 Å². The monoisotopic (exact) mass is 303 g/mol. The van der Waals surface area contributed by atoms with Gasteiger partial charge in [-0.05, 0) is 12.1 Å². The van der Waals surface area contributed by atoms with Crippen molar-refractivity contribution in [2.45, 2.75) is 18.7 Å². The Bertz CT molecular complexity index is 504. The lowest BCUT2D eigenvalue weighted by Crippen LogP contribution is -2.36. The maximum Gasteiger partial charge on any atom is 0.433 e. The predicted octanol–water partition coefficient (Wildman–Crippen LogP) is 0.635. The second-order valence-electron chi connectivity index (χ2n) is 4.18. The van der Waals surface area contributed by atoms with Gasteiger partial charge >= 0.3 is 6.18 Å². The first-order valence-corrected chi connectivity index (χ1v) is 6.18. The predicted molar refractivity (Wildman–Crippen MR) is 70.2 cm³/mol. The highest BCUT2D eigenvalue weighted by Crippen LogP contribution is 2.27. The van der Waals surface area contributed by atoms with E-state index in [-0.39, 0.29) is 18.7 Å². The number of amides is 1. The number of nitrogens with two attached hydrogens (primary N) is 1. The molecular weight excluding hydrogens is 287 g/mol. The van der Waals surface area contributed by atoms with Crippen molar-refractivity contribution in [3.63, 3.8) is 0 Å². The van der Waals surface area contributed by atoms with Crippen molar-refractivity contribution in [1.82, 2.24) is 10.3 Å². The molecule has 0 saturated carbocycles. The Labute approximate surface area is 119 Å². The van der Waals surface area contributed by atoms with E-state index in [2.05, 4.69) is 10.3 Å². The number of nitrogens with zero attached hydrogens (tertiary/aromatic N) is 1. The molecule has 0 saturated heterocycles. The maximum absolute atomic E-state index is 12.5. The average molecular weight is 303 g/mol. The second-order valence-corrected chi connectivity index (χ2v) is 4.18. The molecule has 0 bridgehead atoms. The summed E-state index contributed by atoms with van der Waals surface area (Å²) in [6.07, 6.45) is -3.09. The number of carbonyl (C=O) groups excluding carboxylic acids is 1. The Morgan fingerprint density at radius 3 is 2.76 bits per heavy atom. The van der Waals surface area contributed by atoms with Gasteiger partial charge in [-0.2, -0.15) is 13.2 Å². The lowest BCUT2D eigenvalue weighted by molar-refractivity contribution is -0.141. The molecule has 0 radical (unpaired) electrons. The molecule has 116 valence electrons. The highest BCUT2D eigenvalue weighted by molar-refractivity contribution is 5.80. The van der Waals surface area contributed by atoms with E-state index in [0.717, 1.165) is 6.07 Å². The molecule has 0 aromatic carbocycles. The van der Waals surface area contributed by atoms with Gasteiger partial charge in [0, 0.05) is 25.2 Å². The van der Waals surface area contributed by atoms with Gasteiger partial charge in [-0.15, -0.1) is 0 Å². The van der Waals surface area contributed by atoms with E-state index in [4.69, 9.17) is 5.73 Å². The summed E-state index contributed by atoms with van der Waals surface area (Å²) in [5.74, 6) is -0.684. The number of hydrogen-bond acceptors (Lipinski definition) is 4. The summed E-state index contributed by atoms with van der Waals surface area (Å²) in [5, 5.41) is 12.0. The molecule has 1 rings (SSSR count). The van der Waals surface area contributed by atoms with Crippen LogP contribution in [0.2, 0.25) is 0 Å². The third-order valence-electron chi connectivity index (χ3n) is 2.50. The molecule has 5 nitrogen and oxygen atoms in total. The normalized spacial score (nSPS) is 13.4. The standard InChI is InChI=1S/C13H16F3N3O2/c14-13(15,16)11-5-3-4-9(19-11)8-10(20)12(21)18-7-2-1-6-17/h1-5,10,20H,6-8,17H2,(H,18,21)/b2-1+/t10-/m0/s1. The third-order valence-corrected chi connectivity index (χ3v) is 2.50. The van der Waals surface area contributed by atoms with Gasteiger partial charge in [-0.1, -0.05) is 18.2 Å². The van der Waals surface area contributed by atoms with Crippen LogP contribution in [0.15, 0.2) is 30.4 Å². The van der Waals surface area contributed by atoms with Gasteiger partial charge in [-0.3, -0.25) is 4.79 Å². The van der Waals surface area contributed by atoms with Crippen molar-refractivity contribution < 1.29 is 23.1 Å². The molecule has 1 aromatic heterocycles. The topological polar surface area (TPSA) is 88.2 Å². The highest BCUT2D eigenvalue weighted by Gasteiger charge is 2.32. The van der Waals surface area contributed by atoms with Gasteiger partial charge in [0.1, 0.15) is 11.8 Å². The molecule has 4 N–H and O–H groups in total. The largest absolute Gasteiger partial charge is 0.433 e. The lowest BCUT2D eigenvalue weighted by Gasteiger charge is -2.11. The van der Waals surface area contributed by atoms with Gasteiger partial charge in [0.15, 0.2) is 0 Å². The zero-order chi connectivity index (χ0) is 15.9. The fourth-order valence-corrected chi connectivity index (χ4v) is 1.50. The summed E-state index contributed by atoms with van der Waals surface area (Å²) < 4.78 is 37.4. The molecule has 1 heterocycles. The molecule has 1 amide bonds. The van der Waals surface area contributed by atoms with Crippen molar-refractivity contribution >= 4 is 5.91 Å². The number of pyridine rings is 1. The van der Waals surface area contributed by atoms with Crippen molar-refractivity contribution in [1.29, 1.82) is 0 Å². The summed E-state index contributed by atoms with van der Waals surface area (Å²) in [7, 11) is 0. The van der Waals surface area contributed by atoms with Crippen LogP contribution in [0.4, 0.5) is 13.2 Å². The summed E-state index contributed by atoms with van der Waals surface area (Å²) in [6.45, 7) is 0.510. The first-order valence-electron chi connectivity index (χ1n) is 6.18. The Morgan fingerprint density at radius 2 is 2.14 bits per heavy atom. The second kappa shape index (κ2) is 7.75. The third kappa shape index (κ3) is 5.92. The molecule has 0 aliphatic rings. The van der Waals surface area contributed by atoms with Crippen molar-refractivity contribution in [3.05, 3.63) is 41.7 Å². The number of nitrogens with one attached hydrogen (secondary N) is 1. The van der Waals surface area contributed by atoms with Crippen molar-refractivity contribution in [3.8, 4) is 0 Å². The summed E-state index contributed by atoms with van der Waals surface area (Å²) >= 11 is 0. The number of hydrogen-bond donors (Lipinski definition) is 3. The Hall–Kier alpha value is -1.93. The van der Waals surface area contributed by atoms with Crippen LogP contribution in [0.1, 0.15) is 11.4 Å². The fraction of sp³-hybridized carbons (Fsp3) is 0.385. The Balaban J connectivity index is 2.60. The van der Waals surface area contributed by atoms with Crippen molar-refractivity contribution in [2.75, 3.05) is 13.1 Å². The number of carbonyl (C=O) groups is 1. The van der Waals surface area contributed by atoms with Crippen LogP contribution in [0.25, 0.3) is 0 Å². The minimum absolute atomic E-state index is 0.00928. The van der Waals surface area contributed by atoms with Gasteiger partial charge in [0.25, 0.3) is 0 Å². The number of rotatable bonds is 6. The number of halogens is 3. The first-order chi connectivity index (χ1) is 9.84. The van der Waals surface area contributed by atoms with Crippen LogP contribution < -0.4 is 11.1 Å². The summed E-state index contributed by atoms with van der Waals surface area (Å²) in [6, 6.07) is 3.33. The van der Waals surface area contributed by atoms with E-state index in [1.807, 2.05) is 0 Å². The molecule has 0 aliphatic carbocycles. The molecule has 1 atom stereocenters. The van der Waals surface area contributed by atoms with E-state index < -0.39 is 23.9 Å². The van der Waals surface area contributed by atoms with Crippen LogP contribution in [0.3, 0.4) is 0 Å². The zero-order valence-electron chi connectivity index (χ0n) is 11.1. The maximum atomic E-state index is 12.5. The Morgan fingerprint density at radius 1 is 1.43 bits per heavy atom. The molecular formula is C13H16F3N3O2. The lowest BCUT2D eigenvalue weighted by atomic mass is 10.1. The van der Waals surface area contributed by atoms with E-state index in [1.54, 1.807) is 12.2 Å². The number of aromatic nitrogens is 1. The van der Waals surface area contributed by atoms with Crippen LogP contribution >= 0.6 is 0 Å². The number of alkyl halides is 3. The minimum Gasteiger partial charge on any atom is -0.383 e. The smallest absolute Gasteiger partial charge is 0.383 e. The fourth-order valence-electron chi connectivity index (χ4n) is 1.50. The zero-order valence-corrected chi connectivity index (χ0v) is 11.1. The minimum atomic E-state index is -4.56. The van der Waals surface area contributed by atoms with Crippen LogP contribution in [0, 0.1) is 0 Å². The van der Waals surface area contributed by atoms with Crippen LogP contribution in [0.5, 0.6) is 0 Å². The van der Waals surface area contributed by atoms with Gasteiger partial charge in [0.2, 0.25) is 5.91 Å². The molecule has 0 spiro atoms.